The lowest BCUT2D eigenvalue weighted by Gasteiger charge is -2.38. The molecule has 0 aromatic carbocycles. The molecule has 3 heterocycles. The zero-order valence-corrected chi connectivity index (χ0v) is 15.8. The van der Waals surface area contributed by atoms with E-state index in [1.165, 1.54) is 0 Å². The smallest absolute Gasteiger partial charge is 0.237 e. The van der Waals surface area contributed by atoms with Crippen molar-refractivity contribution in [1.82, 2.24) is 20.4 Å². The highest BCUT2D eigenvalue weighted by Gasteiger charge is 2.33. The second kappa shape index (κ2) is 8.84. The van der Waals surface area contributed by atoms with Gasteiger partial charge >= 0.3 is 0 Å². The molecule has 3 fully saturated rings. The van der Waals surface area contributed by atoms with Crippen molar-refractivity contribution in [2.75, 3.05) is 39.3 Å². The van der Waals surface area contributed by atoms with Crippen LogP contribution >= 0.6 is 0 Å². The van der Waals surface area contributed by atoms with E-state index in [0.717, 1.165) is 58.2 Å². The van der Waals surface area contributed by atoms with Crippen molar-refractivity contribution in [2.24, 2.45) is 11.8 Å². The molecule has 7 nitrogen and oxygen atoms in total. The summed E-state index contributed by atoms with van der Waals surface area (Å²) in [6, 6.07) is -0.0453. The van der Waals surface area contributed by atoms with Crippen LogP contribution in [0.3, 0.4) is 0 Å². The molecule has 0 radical (unpaired) electrons. The maximum Gasteiger partial charge on any atom is 0.237 e. The molecule has 0 saturated carbocycles. The predicted octanol–water partition coefficient (Wildman–Crippen LogP) is 0.352. The molecule has 26 heavy (non-hydrogen) atoms. The zero-order chi connectivity index (χ0) is 18.5. The fraction of sp³-hybridized carbons (Fsp3) is 0.842. The summed E-state index contributed by atoms with van der Waals surface area (Å²) >= 11 is 0. The molecule has 3 amide bonds. The van der Waals surface area contributed by atoms with Gasteiger partial charge in [-0.3, -0.25) is 14.4 Å². The van der Waals surface area contributed by atoms with E-state index in [4.69, 9.17) is 0 Å². The zero-order valence-electron chi connectivity index (χ0n) is 15.8. The average molecular weight is 364 g/mol. The molecule has 3 unspecified atom stereocenters. The Balaban J connectivity index is 1.47. The summed E-state index contributed by atoms with van der Waals surface area (Å²) in [7, 11) is 0. The molecule has 2 N–H and O–H groups in total. The summed E-state index contributed by atoms with van der Waals surface area (Å²) in [5, 5.41) is 6.28. The number of likely N-dealkylation sites (tertiary alicyclic amines) is 2. The lowest BCUT2D eigenvalue weighted by Crippen LogP contribution is -2.50. The largest absolute Gasteiger partial charge is 0.354 e. The standard InChI is InChI=1S/C19H32N4O3/c1-14(24)22-9-4-6-16(13-22)19(26)23-10-3-5-15(12-23)11-21-18(25)17-7-2-8-20-17/h15-17,20H,2-13H2,1H3,(H,21,25). The third-order valence-electron chi connectivity index (χ3n) is 5.99. The van der Waals surface area contributed by atoms with Crippen molar-refractivity contribution >= 4 is 17.7 Å². The quantitative estimate of drug-likeness (QED) is 0.754. The summed E-state index contributed by atoms with van der Waals surface area (Å²) in [4.78, 5) is 40.4. The van der Waals surface area contributed by atoms with Crippen LogP contribution < -0.4 is 10.6 Å². The molecule has 7 heteroatoms. The Morgan fingerprint density at radius 1 is 1.00 bits per heavy atom. The number of hydrogen-bond acceptors (Lipinski definition) is 4. The van der Waals surface area contributed by atoms with Gasteiger partial charge in [-0.15, -0.1) is 0 Å². The minimum atomic E-state index is -0.0660. The fourth-order valence-corrected chi connectivity index (χ4v) is 4.43. The SMILES string of the molecule is CC(=O)N1CCCC(C(=O)N2CCCC(CNC(=O)C3CCCN3)C2)C1. The van der Waals surface area contributed by atoms with E-state index in [-0.39, 0.29) is 29.7 Å². The van der Waals surface area contributed by atoms with Crippen molar-refractivity contribution in [3.05, 3.63) is 0 Å². The van der Waals surface area contributed by atoms with Crippen molar-refractivity contribution in [1.29, 1.82) is 0 Å². The number of rotatable bonds is 4. The Labute approximate surface area is 155 Å². The Morgan fingerprint density at radius 2 is 1.77 bits per heavy atom. The number of carbonyl (C=O) groups is 3. The monoisotopic (exact) mass is 364 g/mol. The molecule has 3 aliphatic heterocycles. The van der Waals surface area contributed by atoms with E-state index >= 15 is 0 Å². The van der Waals surface area contributed by atoms with Crippen LogP contribution in [0.1, 0.15) is 45.4 Å². The molecular weight excluding hydrogens is 332 g/mol. The second-order valence-electron chi connectivity index (χ2n) is 7.99. The first kappa shape index (κ1) is 19.1. The fourth-order valence-electron chi connectivity index (χ4n) is 4.43. The van der Waals surface area contributed by atoms with Gasteiger partial charge in [-0.05, 0) is 51.0 Å². The van der Waals surface area contributed by atoms with E-state index in [2.05, 4.69) is 10.6 Å². The normalized spacial score (nSPS) is 29.5. The number of hydrogen-bond donors (Lipinski definition) is 2. The van der Waals surface area contributed by atoms with Crippen LogP contribution in [0.2, 0.25) is 0 Å². The molecular formula is C19H32N4O3. The minimum absolute atomic E-state index is 0.0453. The van der Waals surface area contributed by atoms with Gasteiger partial charge in [0.2, 0.25) is 17.7 Å². The van der Waals surface area contributed by atoms with Crippen LogP contribution in [0.15, 0.2) is 0 Å². The van der Waals surface area contributed by atoms with Crippen molar-refractivity contribution in [3.8, 4) is 0 Å². The molecule has 3 aliphatic rings. The number of nitrogens with zero attached hydrogens (tertiary/aromatic N) is 2. The Morgan fingerprint density at radius 3 is 2.50 bits per heavy atom. The number of amides is 3. The molecule has 0 aliphatic carbocycles. The second-order valence-corrected chi connectivity index (χ2v) is 7.99. The lowest BCUT2D eigenvalue weighted by atomic mass is 9.93. The van der Waals surface area contributed by atoms with Gasteiger partial charge in [0.05, 0.1) is 12.0 Å². The molecule has 0 aromatic rings. The van der Waals surface area contributed by atoms with Crippen molar-refractivity contribution in [3.63, 3.8) is 0 Å². The van der Waals surface area contributed by atoms with Gasteiger partial charge in [-0.1, -0.05) is 0 Å². The molecule has 3 saturated heterocycles. The Kier molecular flexibility index (Phi) is 6.51. The first-order valence-corrected chi connectivity index (χ1v) is 10.1. The first-order chi connectivity index (χ1) is 12.5. The highest BCUT2D eigenvalue weighted by molar-refractivity contribution is 5.82. The maximum absolute atomic E-state index is 12.9. The van der Waals surface area contributed by atoms with Crippen molar-refractivity contribution in [2.45, 2.75) is 51.5 Å². The van der Waals surface area contributed by atoms with E-state index in [1.54, 1.807) is 11.8 Å². The van der Waals surface area contributed by atoms with E-state index in [1.807, 2.05) is 4.90 Å². The Bertz CT molecular complexity index is 533. The average Bonchev–Trinajstić information content (AvgIpc) is 3.20. The van der Waals surface area contributed by atoms with Crippen LogP contribution in [0.4, 0.5) is 0 Å². The molecule has 0 spiro atoms. The van der Waals surface area contributed by atoms with Gasteiger partial charge < -0.3 is 20.4 Å². The van der Waals surface area contributed by atoms with Crippen LogP contribution in [0.5, 0.6) is 0 Å². The van der Waals surface area contributed by atoms with E-state index < -0.39 is 0 Å². The van der Waals surface area contributed by atoms with Gasteiger partial charge in [0, 0.05) is 39.6 Å². The molecule has 3 rings (SSSR count). The minimum Gasteiger partial charge on any atom is -0.354 e. The highest BCUT2D eigenvalue weighted by atomic mass is 16.2. The van der Waals surface area contributed by atoms with Gasteiger partial charge in [0.1, 0.15) is 0 Å². The summed E-state index contributed by atoms with van der Waals surface area (Å²) < 4.78 is 0. The van der Waals surface area contributed by atoms with Gasteiger partial charge in [-0.2, -0.15) is 0 Å². The van der Waals surface area contributed by atoms with Crippen LogP contribution in [0.25, 0.3) is 0 Å². The van der Waals surface area contributed by atoms with E-state index in [9.17, 15) is 14.4 Å². The summed E-state index contributed by atoms with van der Waals surface area (Å²) in [5.41, 5.74) is 0. The third-order valence-corrected chi connectivity index (χ3v) is 5.99. The third kappa shape index (κ3) is 4.75. The molecule has 3 atom stereocenters. The molecule has 0 aromatic heterocycles. The summed E-state index contributed by atoms with van der Waals surface area (Å²) in [5.74, 6) is 0.594. The van der Waals surface area contributed by atoms with Crippen molar-refractivity contribution < 1.29 is 14.4 Å². The highest BCUT2D eigenvalue weighted by Crippen LogP contribution is 2.23. The van der Waals surface area contributed by atoms with Gasteiger partial charge in [0.25, 0.3) is 0 Å². The predicted molar refractivity (Wildman–Crippen MR) is 98.3 cm³/mol. The van der Waals surface area contributed by atoms with Gasteiger partial charge in [0.15, 0.2) is 0 Å². The maximum atomic E-state index is 12.9. The number of piperidine rings is 2. The van der Waals surface area contributed by atoms with Crippen LogP contribution in [-0.2, 0) is 14.4 Å². The lowest BCUT2D eigenvalue weighted by molar-refractivity contribution is -0.141. The molecule has 146 valence electrons. The summed E-state index contributed by atoms with van der Waals surface area (Å²) in [6.07, 6.45) is 5.77. The van der Waals surface area contributed by atoms with E-state index in [0.29, 0.717) is 25.6 Å². The van der Waals surface area contributed by atoms with Crippen LogP contribution in [-0.4, -0.2) is 72.8 Å². The van der Waals surface area contributed by atoms with Gasteiger partial charge in [-0.25, -0.2) is 0 Å². The first-order valence-electron chi connectivity index (χ1n) is 10.1. The topological polar surface area (TPSA) is 81.8 Å². The number of nitrogens with one attached hydrogen (secondary N) is 2. The molecule has 0 bridgehead atoms. The Hall–Kier alpha value is -1.63. The number of carbonyl (C=O) groups excluding carboxylic acids is 3. The van der Waals surface area contributed by atoms with Crippen LogP contribution in [0, 0.1) is 11.8 Å². The summed E-state index contributed by atoms with van der Waals surface area (Å²) in [6.45, 7) is 5.97.